The second kappa shape index (κ2) is 8.86. The Kier molecular flexibility index (Phi) is 6.07. The van der Waals surface area contributed by atoms with Crippen molar-refractivity contribution in [3.8, 4) is 0 Å². The van der Waals surface area contributed by atoms with E-state index in [9.17, 15) is 9.59 Å². The first-order chi connectivity index (χ1) is 13.5. The van der Waals surface area contributed by atoms with Crippen LogP contribution in [0.15, 0.2) is 78.9 Å². The van der Waals surface area contributed by atoms with E-state index in [0.717, 1.165) is 11.4 Å². The SMILES string of the molecule is CC(C)c1ccc(NC(=O)C(=O)Nc2ccc(Nc3ccccc3)cc2)cc1. The molecule has 0 unspecified atom stereocenters. The molecule has 28 heavy (non-hydrogen) atoms. The van der Waals surface area contributed by atoms with Crippen LogP contribution in [0.3, 0.4) is 0 Å². The fourth-order valence-corrected chi connectivity index (χ4v) is 2.65. The average molecular weight is 373 g/mol. The number of benzene rings is 3. The highest BCUT2D eigenvalue weighted by molar-refractivity contribution is 6.43. The van der Waals surface area contributed by atoms with Crippen molar-refractivity contribution in [1.82, 2.24) is 0 Å². The molecule has 0 saturated carbocycles. The molecule has 3 N–H and O–H groups in total. The van der Waals surface area contributed by atoms with Gasteiger partial charge in [0.15, 0.2) is 0 Å². The summed E-state index contributed by atoms with van der Waals surface area (Å²) in [7, 11) is 0. The van der Waals surface area contributed by atoms with Crippen LogP contribution in [0.4, 0.5) is 22.7 Å². The Morgan fingerprint density at radius 1 is 0.607 bits per heavy atom. The van der Waals surface area contributed by atoms with Gasteiger partial charge in [0.25, 0.3) is 0 Å². The van der Waals surface area contributed by atoms with Crippen molar-refractivity contribution in [2.24, 2.45) is 0 Å². The fourth-order valence-electron chi connectivity index (χ4n) is 2.65. The molecule has 0 bridgehead atoms. The molecule has 0 aliphatic rings. The number of hydrogen-bond acceptors (Lipinski definition) is 3. The molecule has 0 atom stereocenters. The Labute approximate surface area is 164 Å². The van der Waals surface area contributed by atoms with Gasteiger partial charge in [-0.15, -0.1) is 0 Å². The van der Waals surface area contributed by atoms with Crippen LogP contribution in [-0.4, -0.2) is 11.8 Å². The molecule has 0 heterocycles. The Balaban J connectivity index is 1.55. The van der Waals surface area contributed by atoms with Crippen LogP contribution < -0.4 is 16.0 Å². The van der Waals surface area contributed by atoms with Crippen molar-refractivity contribution in [2.45, 2.75) is 19.8 Å². The third-order valence-electron chi connectivity index (χ3n) is 4.25. The van der Waals surface area contributed by atoms with Crippen molar-refractivity contribution in [3.63, 3.8) is 0 Å². The van der Waals surface area contributed by atoms with E-state index >= 15 is 0 Å². The van der Waals surface area contributed by atoms with Gasteiger partial charge in [-0.05, 0) is 60.0 Å². The molecule has 0 spiro atoms. The van der Waals surface area contributed by atoms with Gasteiger partial charge in [0.1, 0.15) is 0 Å². The van der Waals surface area contributed by atoms with Gasteiger partial charge < -0.3 is 16.0 Å². The topological polar surface area (TPSA) is 70.2 Å². The average Bonchev–Trinajstić information content (AvgIpc) is 2.70. The summed E-state index contributed by atoms with van der Waals surface area (Å²) < 4.78 is 0. The van der Waals surface area contributed by atoms with Crippen molar-refractivity contribution < 1.29 is 9.59 Å². The van der Waals surface area contributed by atoms with Crippen molar-refractivity contribution >= 4 is 34.6 Å². The van der Waals surface area contributed by atoms with E-state index in [1.165, 1.54) is 5.56 Å². The van der Waals surface area contributed by atoms with Gasteiger partial charge in [0, 0.05) is 22.7 Å². The summed E-state index contributed by atoms with van der Waals surface area (Å²) in [4.78, 5) is 24.2. The highest BCUT2D eigenvalue weighted by Gasteiger charge is 2.14. The van der Waals surface area contributed by atoms with Gasteiger partial charge in [-0.2, -0.15) is 0 Å². The largest absolute Gasteiger partial charge is 0.356 e. The van der Waals surface area contributed by atoms with Gasteiger partial charge in [-0.25, -0.2) is 0 Å². The third-order valence-corrected chi connectivity index (χ3v) is 4.25. The van der Waals surface area contributed by atoms with Crippen molar-refractivity contribution in [1.29, 1.82) is 0 Å². The number of para-hydroxylation sites is 1. The van der Waals surface area contributed by atoms with Gasteiger partial charge in [0.05, 0.1) is 0 Å². The lowest BCUT2D eigenvalue weighted by molar-refractivity contribution is -0.132. The van der Waals surface area contributed by atoms with Crippen molar-refractivity contribution in [3.05, 3.63) is 84.4 Å². The van der Waals surface area contributed by atoms with Crippen molar-refractivity contribution in [2.75, 3.05) is 16.0 Å². The number of hydrogen-bond donors (Lipinski definition) is 3. The Hall–Kier alpha value is -3.60. The van der Waals surface area contributed by atoms with Crippen LogP contribution in [0.25, 0.3) is 0 Å². The monoisotopic (exact) mass is 373 g/mol. The molecule has 3 aromatic rings. The number of carbonyl (C=O) groups excluding carboxylic acids is 2. The molecule has 0 fully saturated rings. The zero-order valence-electron chi connectivity index (χ0n) is 15.9. The van der Waals surface area contributed by atoms with E-state index in [4.69, 9.17) is 0 Å². The van der Waals surface area contributed by atoms with Gasteiger partial charge in [-0.3, -0.25) is 9.59 Å². The summed E-state index contributed by atoms with van der Waals surface area (Å²) in [5.41, 5.74) is 4.17. The van der Waals surface area contributed by atoms with E-state index in [0.29, 0.717) is 17.3 Å². The Morgan fingerprint density at radius 2 is 1.04 bits per heavy atom. The number of carbonyl (C=O) groups is 2. The summed E-state index contributed by atoms with van der Waals surface area (Å²) in [6.45, 7) is 4.20. The molecule has 5 nitrogen and oxygen atoms in total. The molecule has 142 valence electrons. The van der Waals surface area contributed by atoms with E-state index in [1.54, 1.807) is 24.3 Å². The van der Waals surface area contributed by atoms with Crippen LogP contribution in [0.5, 0.6) is 0 Å². The minimum atomic E-state index is -0.711. The molecular formula is C23H23N3O2. The van der Waals surface area contributed by atoms with Gasteiger partial charge in [-0.1, -0.05) is 44.2 Å². The summed E-state index contributed by atoms with van der Waals surface area (Å²) in [6, 6.07) is 24.4. The number of rotatable bonds is 5. The summed E-state index contributed by atoms with van der Waals surface area (Å²) in [5.74, 6) is -1.01. The smallest absolute Gasteiger partial charge is 0.314 e. The standard InChI is InChI=1S/C23H23N3O2/c1-16(2)17-8-10-20(11-9-17)25-22(27)23(28)26-21-14-12-19(13-15-21)24-18-6-4-3-5-7-18/h3-16,24H,1-2H3,(H,25,27)(H,26,28). The lowest BCUT2D eigenvalue weighted by Gasteiger charge is -2.10. The lowest BCUT2D eigenvalue weighted by Crippen LogP contribution is -2.29. The van der Waals surface area contributed by atoms with E-state index in [1.807, 2.05) is 54.6 Å². The van der Waals surface area contributed by atoms with E-state index in [-0.39, 0.29) is 0 Å². The maximum atomic E-state index is 12.1. The number of amides is 2. The zero-order chi connectivity index (χ0) is 19.9. The fraction of sp³-hybridized carbons (Fsp3) is 0.130. The third kappa shape index (κ3) is 5.20. The van der Waals surface area contributed by atoms with Crippen LogP contribution in [0.1, 0.15) is 25.3 Å². The summed E-state index contributed by atoms with van der Waals surface area (Å²) in [6.07, 6.45) is 0. The van der Waals surface area contributed by atoms with Crippen LogP contribution in [0, 0.1) is 0 Å². The number of anilines is 4. The minimum absolute atomic E-state index is 0.410. The van der Waals surface area contributed by atoms with Gasteiger partial charge >= 0.3 is 11.8 Å². The van der Waals surface area contributed by atoms with Crippen LogP contribution >= 0.6 is 0 Å². The molecule has 0 radical (unpaired) electrons. The molecule has 0 aliphatic carbocycles. The predicted molar refractivity (Wildman–Crippen MR) is 114 cm³/mol. The molecule has 0 aliphatic heterocycles. The zero-order valence-corrected chi connectivity index (χ0v) is 15.9. The molecule has 2 amide bonds. The number of nitrogens with one attached hydrogen (secondary N) is 3. The van der Waals surface area contributed by atoms with E-state index in [2.05, 4.69) is 29.8 Å². The quantitative estimate of drug-likeness (QED) is 0.543. The van der Waals surface area contributed by atoms with E-state index < -0.39 is 11.8 Å². The molecule has 0 aromatic heterocycles. The molecular weight excluding hydrogens is 350 g/mol. The minimum Gasteiger partial charge on any atom is -0.356 e. The molecule has 5 heteroatoms. The Morgan fingerprint density at radius 3 is 1.54 bits per heavy atom. The molecule has 0 saturated heterocycles. The molecule has 3 rings (SSSR count). The maximum absolute atomic E-state index is 12.1. The predicted octanol–water partition coefficient (Wildman–Crippen LogP) is 5.13. The lowest BCUT2D eigenvalue weighted by atomic mass is 10.0. The second-order valence-electron chi connectivity index (χ2n) is 6.75. The first-order valence-corrected chi connectivity index (χ1v) is 9.16. The van der Waals surface area contributed by atoms with Crippen LogP contribution in [-0.2, 0) is 9.59 Å². The highest BCUT2D eigenvalue weighted by atomic mass is 16.2. The Bertz CT molecular complexity index is 934. The maximum Gasteiger partial charge on any atom is 0.314 e. The normalized spacial score (nSPS) is 10.4. The summed E-state index contributed by atoms with van der Waals surface area (Å²) in [5, 5.41) is 8.47. The van der Waals surface area contributed by atoms with Gasteiger partial charge in [0.2, 0.25) is 0 Å². The molecule has 3 aromatic carbocycles. The van der Waals surface area contributed by atoms with Crippen LogP contribution in [0.2, 0.25) is 0 Å². The summed E-state index contributed by atoms with van der Waals surface area (Å²) >= 11 is 0. The first kappa shape index (κ1) is 19.2. The second-order valence-corrected chi connectivity index (χ2v) is 6.75. The first-order valence-electron chi connectivity index (χ1n) is 9.16. The highest BCUT2D eigenvalue weighted by Crippen LogP contribution is 2.19.